The molecule has 1 aliphatic rings. The third-order valence-corrected chi connectivity index (χ3v) is 4.97. The van der Waals surface area contributed by atoms with Crippen LogP contribution in [0.25, 0.3) is 0 Å². The number of aldehydes is 1. The van der Waals surface area contributed by atoms with E-state index in [0.717, 1.165) is 61.0 Å². The number of para-hydroxylation sites is 1. The Bertz CT molecular complexity index is 768. The fourth-order valence-corrected chi connectivity index (χ4v) is 3.50. The fraction of sp³-hybridized carbons (Fsp3) is 0.333. The number of hydrogen-bond donors (Lipinski definition) is 0. The lowest BCUT2D eigenvalue weighted by Crippen LogP contribution is -2.34. The van der Waals surface area contributed by atoms with Crippen molar-refractivity contribution in [2.75, 3.05) is 18.0 Å². The first-order valence-electron chi connectivity index (χ1n) is 8.50. The number of aryl methyl sites for hydroxylation is 1. The molecule has 0 radical (unpaired) electrons. The minimum absolute atomic E-state index is 0.637. The van der Waals surface area contributed by atoms with Crippen LogP contribution in [0.5, 0.6) is 0 Å². The van der Waals surface area contributed by atoms with Crippen molar-refractivity contribution in [2.45, 2.75) is 26.2 Å². The van der Waals surface area contributed by atoms with Crippen molar-refractivity contribution in [3.8, 4) is 6.07 Å². The Morgan fingerprint density at radius 1 is 1.21 bits per heavy atom. The summed E-state index contributed by atoms with van der Waals surface area (Å²) >= 11 is 0. The van der Waals surface area contributed by atoms with Gasteiger partial charge in [0.2, 0.25) is 0 Å². The van der Waals surface area contributed by atoms with E-state index in [-0.39, 0.29) is 0 Å². The molecule has 0 unspecified atom stereocenters. The van der Waals surface area contributed by atoms with Crippen LogP contribution in [0.4, 0.5) is 5.69 Å². The second-order valence-electron chi connectivity index (χ2n) is 6.57. The molecule has 0 amide bonds. The van der Waals surface area contributed by atoms with E-state index < -0.39 is 0 Å². The van der Waals surface area contributed by atoms with Gasteiger partial charge >= 0.3 is 0 Å². The van der Waals surface area contributed by atoms with Crippen LogP contribution in [0.2, 0.25) is 0 Å². The quantitative estimate of drug-likeness (QED) is 0.796. The summed E-state index contributed by atoms with van der Waals surface area (Å²) < 4.78 is 0. The van der Waals surface area contributed by atoms with Crippen LogP contribution in [0, 0.1) is 24.2 Å². The number of carbonyl (C=O) groups excluding carboxylic acids is 1. The van der Waals surface area contributed by atoms with Gasteiger partial charge in [-0.05, 0) is 61.4 Å². The molecule has 24 heavy (non-hydrogen) atoms. The molecule has 0 aromatic heterocycles. The lowest BCUT2D eigenvalue weighted by molar-refractivity contribution is 0.112. The number of piperidine rings is 1. The zero-order chi connectivity index (χ0) is 16.9. The minimum Gasteiger partial charge on any atom is -0.370 e. The van der Waals surface area contributed by atoms with E-state index in [9.17, 15) is 10.1 Å². The summed E-state index contributed by atoms with van der Waals surface area (Å²) in [6.07, 6.45) is 4.20. The van der Waals surface area contributed by atoms with Gasteiger partial charge in [-0.25, -0.2) is 0 Å². The molecule has 0 bridgehead atoms. The molecule has 2 aromatic rings. The highest BCUT2D eigenvalue weighted by Crippen LogP contribution is 2.28. The van der Waals surface area contributed by atoms with Crippen LogP contribution in [-0.2, 0) is 6.42 Å². The van der Waals surface area contributed by atoms with Crippen LogP contribution in [0.15, 0.2) is 42.5 Å². The summed E-state index contributed by atoms with van der Waals surface area (Å²) in [5.41, 5.74) is 4.89. The molecular formula is C21H22N2O. The van der Waals surface area contributed by atoms with E-state index in [0.29, 0.717) is 5.92 Å². The molecule has 0 saturated carbocycles. The first-order chi connectivity index (χ1) is 11.7. The molecule has 3 rings (SSSR count). The van der Waals surface area contributed by atoms with E-state index in [1.54, 1.807) is 0 Å². The third-order valence-electron chi connectivity index (χ3n) is 4.97. The molecule has 3 heteroatoms. The Morgan fingerprint density at radius 3 is 2.67 bits per heavy atom. The van der Waals surface area contributed by atoms with Gasteiger partial charge in [-0.3, -0.25) is 4.79 Å². The van der Waals surface area contributed by atoms with Gasteiger partial charge < -0.3 is 4.90 Å². The SMILES string of the molecule is Cc1ccc(CC2CCN(c3ccccc3C#N)CC2)cc1C=O. The number of carbonyl (C=O) groups is 1. The summed E-state index contributed by atoms with van der Waals surface area (Å²) in [4.78, 5) is 13.4. The summed E-state index contributed by atoms with van der Waals surface area (Å²) in [6.45, 7) is 3.93. The topological polar surface area (TPSA) is 44.1 Å². The van der Waals surface area contributed by atoms with Gasteiger partial charge in [0.25, 0.3) is 0 Å². The maximum Gasteiger partial charge on any atom is 0.150 e. The summed E-state index contributed by atoms with van der Waals surface area (Å²) in [7, 11) is 0. The average molecular weight is 318 g/mol. The molecule has 1 fully saturated rings. The number of rotatable bonds is 4. The third kappa shape index (κ3) is 3.49. The molecule has 1 aliphatic heterocycles. The molecule has 3 nitrogen and oxygen atoms in total. The van der Waals surface area contributed by atoms with Crippen molar-refractivity contribution < 1.29 is 4.79 Å². The lowest BCUT2D eigenvalue weighted by Gasteiger charge is -2.34. The van der Waals surface area contributed by atoms with E-state index in [1.807, 2.05) is 43.3 Å². The van der Waals surface area contributed by atoms with Crippen molar-refractivity contribution in [1.82, 2.24) is 0 Å². The molecule has 0 N–H and O–H groups in total. The average Bonchev–Trinajstić information content (AvgIpc) is 2.64. The number of nitriles is 1. The van der Waals surface area contributed by atoms with E-state index in [1.165, 1.54) is 5.56 Å². The second kappa shape index (κ2) is 7.31. The largest absolute Gasteiger partial charge is 0.370 e. The van der Waals surface area contributed by atoms with Crippen LogP contribution < -0.4 is 4.90 Å². The summed E-state index contributed by atoms with van der Waals surface area (Å²) in [6, 6.07) is 16.3. The molecule has 2 aromatic carbocycles. The van der Waals surface area contributed by atoms with Crippen molar-refractivity contribution in [3.63, 3.8) is 0 Å². The highest BCUT2D eigenvalue weighted by molar-refractivity contribution is 5.77. The van der Waals surface area contributed by atoms with Gasteiger partial charge in [0.1, 0.15) is 12.4 Å². The smallest absolute Gasteiger partial charge is 0.150 e. The fourth-order valence-electron chi connectivity index (χ4n) is 3.50. The van der Waals surface area contributed by atoms with Crippen molar-refractivity contribution >= 4 is 12.0 Å². The Labute approximate surface area is 143 Å². The molecular weight excluding hydrogens is 296 g/mol. The van der Waals surface area contributed by atoms with Gasteiger partial charge in [-0.1, -0.05) is 24.3 Å². The number of benzene rings is 2. The predicted molar refractivity (Wildman–Crippen MR) is 96.4 cm³/mol. The van der Waals surface area contributed by atoms with Gasteiger partial charge in [-0.15, -0.1) is 0 Å². The normalized spacial score (nSPS) is 15.1. The minimum atomic E-state index is 0.637. The van der Waals surface area contributed by atoms with Gasteiger partial charge in [0, 0.05) is 18.7 Å². The maximum atomic E-state index is 11.1. The monoisotopic (exact) mass is 318 g/mol. The standard InChI is InChI=1S/C21H22N2O/c1-16-6-7-18(13-20(16)15-24)12-17-8-10-23(11-9-17)21-5-3-2-4-19(21)14-22/h2-7,13,15,17H,8-12H2,1H3. The lowest BCUT2D eigenvalue weighted by atomic mass is 9.89. The highest BCUT2D eigenvalue weighted by atomic mass is 16.1. The first-order valence-corrected chi connectivity index (χ1v) is 8.50. The zero-order valence-corrected chi connectivity index (χ0v) is 14.0. The van der Waals surface area contributed by atoms with Crippen LogP contribution in [0.3, 0.4) is 0 Å². The Balaban J connectivity index is 1.63. The van der Waals surface area contributed by atoms with E-state index in [2.05, 4.69) is 17.0 Å². The Kier molecular flexibility index (Phi) is 4.96. The van der Waals surface area contributed by atoms with E-state index in [4.69, 9.17) is 0 Å². The number of anilines is 1. The van der Waals surface area contributed by atoms with Crippen LogP contribution in [0.1, 0.15) is 39.9 Å². The molecule has 0 aliphatic carbocycles. The molecule has 1 saturated heterocycles. The first kappa shape index (κ1) is 16.3. The zero-order valence-electron chi connectivity index (χ0n) is 14.0. The highest BCUT2D eigenvalue weighted by Gasteiger charge is 2.21. The molecule has 0 atom stereocenters. The Morgan fingerprint density at radius 2 is 1.96 bits per heavy atom. The molecule has 0 spiro atoms. The van der Waals surface area contributed by atoms with Gasteiger partial charge in [-0.2, -0.15) is 5.26 Å². The summed E-state index contributed by atoms with van der Waals surface area (Å²) in [5, 5.41) is 9.26. The number of hydrogen-bond acceptors (Lipinski definition) is 3. The second-order valence-corrected chi connectivity index (χ2v) is 6.57. The Hall–Kier alpha value is -2.60. The predicted octanol–water partition coefficient (Wildman–Crippen LogP) is 4.14. The maximum absolute atomic E-state index is 11.1. The van der Waals surface area contributed by atoms with Crippen molar-refractivity contribution in [1.29, 1.82) is 5.26 Å². The van der Waals surface area contributed by atoms with Crippen LogP contribution >= 0.6 is 0 Å². The molecule has 1 heterocycles. The van der Waals surface area contributed by atoms with Gasteiger partial charge in [0.15, 0.2) is 0 Å². The summed E-state index contributed by atoms with van der Waals surface area (Å²) in [5.74, 6) is 0.637. The van der Waals surface area contributed by atoms with Crippen molar-refractivity contribution in [3.05, 3.63) is 64.7 Å². The van der Waals surface area contributed by atoms with Crippen LogP contribution in [-0.4, -0.2) is 19.4 Å². The molecule has 122 valence electrons. The van der Waals surface area contributed by atoms with Gasteiger partial charge in [0.05, 0.1) is 11.3 Å². The number of nitrogens with zero attached hydrogens (tertiary/aromatic N) is 2. The van der Waals surface area contributed by atoms with E-state index >= 15 is 0 Å². The van der Waals surface area contributed by atoms with Crippen molar-refractivity contribution in [2.24, 2.45) is 5.92 Å².